The van der Waals surface area contributed by atoms with E-state index in [1.54, 1.807) is 44.2 Å². The van der Waals surface area contributed by atoms with Gasteiger partial charge in [-0.1, -0.05) is 56.3 Å². The molecule has 0 spiro atoms. The number of likely N-dealkylation sites (tertiary alicyclic amines) is 1. The standard InChI is InChI=1S/C60H89N17O19S/c1-30(2)24-38(54(91)76-43(29-97)49(64)86)71-51(88)35(10-6-22-67-60(65)66)68-52(89)37(18-21-48(84)85)69-55(92)40(26-32-12-14-33(79)15-13-32)73-56(93)39(25-31-8-4-3-5-9-31)72-53(90)36(17-19-45(62)80)70-57(94)42(28-78)75-58(95)44-11-7-23-77(44)59(96)41(27-46(63)81)74-50(87)34(61)16-20-47(82)83/h3-5,8-9,12-15,30,34-44,78-79,97H,6-7,10-11,16-29,61H2,1-2H3,(H2,62,80)(H2,63,81)(H2,64,86)(H,68,89)(H,69,92)(H,70,94)(H,71,88)(H,72,90)(H,73,93)(H,74,87)(H,75,95)(H,76,91)(H,82,83)(H,84,85)(H4,65,66,67)/t34-,35-,36-,37-,38-,39-,40-,41-,42-,43-,44-/m0/s1. The molecule has 25 N–H and O–H groups in total. The third-order valence-corrected chi connectivity index (χ3v) is 15.3. The number of carboxylic acids is 2. The van der Waals surface area contributed by atoms with E-state index in [2.05, 4.69) is 65.5 Å². The van der Waals surface area contributed by atoms with Crippen LogP contribution in [-0.4, -0.2) is 212 Å². The van der Waals surface area contributed by atoms with E-state index in [4.69, 9.17) is 39.5 Å². The van der Waals surface area contributed by atoms with Gasteiger partial charge in [0.25, 0.3) is 0 Å². The van der Waals surface area contributed by atoms with Gasteiger partial charge in [-0.05, 0) is 80.5 Å². The molecule has 13 amide bonds. The van der Waals surface area contributed by atoms with Gasteiger partial charge in [0.2, 0.25) is 76.8 Å². The summed E-state index contributed by atoms with van der Waals surface area (Å²) in [6.07, 6.45) is -4.86. The van der Waals surface area contributed by atoms with Gasteiger partial charge in [-0.25, -0.2) is 0 Å². The minimum Gasteiger partial charge on any atom is -0.508 e. The number of primary amides is 3. The predicted molar refractivity (Wildman–Crippen MR) is 348 cm³/mol. The van der Waals surface area contributed by atoms with Crippen molar-refractivity contribution in [1.29, 1.82) is 0 Å². The van der Waals surface area contributed by atoms with E-state index in [9.17, 15) is 87.2 Å². The first-order chi connectivity index (χ1) is 45.7. The van der Waals surface area contributed by atoms with Crippen molar-refractivity contribution < 1.29 is 92.3 Å². The average molecular weight is 1380 g/mol. The minimum absolute atomic E-state index is 0.0210. The van der Waals surface area contributed by atoms with Crippen LogP contribution >= 0.6 is 12.6 Å². The van der Waals surface area contributed by atoms with Crippen molar-refractivity contribution in [3.63, 3.8) is 0 Å². The van der Waals surface area contributed by atoms with Crippen LogP contribution in [0.3, 0.4) is 0 Å². The number of phenolic OH excluding ortho intramolecular Hbond substituents is 1. The number of thiol groups is 1. The molecule has 11 atom stereocenters. The fraction of sp³-hybridized carbons (Fsp3) is 0.533. The summed E-state index contributed by atoms with van der Waals surface area (Å²) < 4.78 is 0. The molecule has 97 heavy (non-hydrogen) atoms. The Morgan fingerprint density at radius 2 is 1.00 bits per heavy atom. The fourth-order valence-corrected chi connectivity index (χ4v) is 10.1. The van der Waals surface area contributed by atoms with E-state index in [0.29, 0.717) is 11.1 Å². The molecular weight excluding hydrogens is 1290 g/mol. The van der Waals surface area contributed by atoms with Crippen molar-refractivity contribution in [3.8, 4) is 5.75 Å². The number of phenols is 1. The Labute approximate surface area is 562 Å². The van der Waals surface area contributed by atoms with Crippen molar-refractivity contribution >= 4 is 107 Å². The van der Waals surface area contributed by atoms with Crippen LogP contribution in [-0.2, 0) is 84.8 Å². The number of hydrogen-bond acceptors (Lipinski definition) is 20. The third-order valence-electron chi connectivity index (χ3n) is 15.0. The second kappa shape index (κ2) is 40.9. The number of carboxylic acid groups (broad SMARTS) is 2. The predicted octanol–water partition coefficient (Wildman–Crippen LogP) is -6.76. The molecule has 1 fully saturated rings. The number of carbonyl (C=O) groups excluding carboxylic acids is 13. The lowest BCUT2D eigenvalue weighted by atomic mass is 10.0. The zero-order valence-corrected chi connectivity index (χ0v) is 54.5. The molecule has 1 saturated heterocycles. The molecule has 1 heterocycles. The van der Waals surface area contributed by atoms with E-state index in [1.807, 2.05) is 0 Å². The summed E-state index contributed by atoms with van der Waals surface area (Å²) in [6.45, 7) is 2.18. The van der Waals surface area contributed by atoms with Gasteiger partial charge in [-0.2, -0.15) is 12.6 Å². The van der Waals surface area contributed by atoms with Crippen LogP contribution in [0.2, 0.25) is 0 Å². The van der Waals surface area contributed by atoms with Crippen LogP contribution in [0.25, 0.3) is 0 Å². The lowest BCUT2D eigenvalue weighted by molar-refractivity contribution is -0.143. The molecule has 0 aromatic heterocycles. The van der Waals surface area contributed by atoms with E-state index >= 15 is 0 Å². The van der Waals surface area contributed by atoms with Crippen molar-refractivity contribution in [2.24, 2.45) is 45.3 Å². The van der Waals surface area contributed by atoms with Crippen molar-refractivity contribution in [1.82, 2.24) is 52.8 Å². The third kappa shape index (κ3) is 29.2. The van der Waals surface area contributed by atoms with Crippen LogP contribution in [0.4, 0.5) is 0 Å². The number of nitrogens with zero attached hydrogens (tertiary/aromatic N) is 2. The summed E-state index contributed by atoms with van der Waals surface area (Å²) >= 11 is 4.06. The molecule has 0 unspecified atom stereocenters. The number of hydrogen-bond donors (Lipinski definition) is 20. The molecule has 3 rings (SSSR count). The number of aliphatic hydroxyl groups is 1. The number of aromatic hydroxyl groups is 1. The summed E-state index contributed by atoms with van der Waals surface area (Å²) in [5.41, 5.74) is 33.7. The molecule has 0 aliphatic carbocycles. The highest BCUT2D eigenvalue weighted by Crippen LogP contribution is 2.21. The minimum atomic E-state index is -1.88. The summed E-state index contributed by atoms with van der Waals surface area (Å²) in [5, 5.41) is 61.4. The second-order valence-electron chi connectivity index (χ2n) is 23.3. The average Bonchev–Trinajstić information content (AvgIpc) is 1.64. The fourth-order valence-electron chi connectivity index (χ4n) is 9.87. The first-order valence-electron chi connectivity index (χ1n) is 30.9. The number of benzene rings is 2. The monoisotopic (exact) mass is 1380 g/mol. The van der Waals surface area contributed by atoms with Gasteiger partial charge >= 0.3 is 11.9 Å². The molecule has 2 aromatic carbocycles. The van der Waals surface area contributed by atoms with Gasteiger partial charge in [0.15, 0.2) is 5.96 Å². The van der Waals surface area contributed by atoms with Crippen LogP contribution in [0, 0.1) is 5.92 Å². The number of aliphatic hydroxyl groups excluding tert-OH is 1. The van der Waals surface area contributed by atoms with Gasteiger partial charge in [-0.3, -0.25) is 76.9 Å². The molecule has 0 radical (unpaired) electrons. The van der Waals surface area contributed by atoms with E-state index in [-0.39, 0.29) is 81.4 Å². The van der Waals surface area contributed by atoms with Gasteiger partial charge < -0.3 is 108 Å². The molecule has 37 heteroatoms. The normalized spacial score (nSPS) is 15.6. The smallest absolute Gasteiger partial charge is 0.303 e. The number of nitrogens with one attached hydrogen (secondary N) is 9. The Morgan fingerprint density at radius 1 is 0.546 bits per heavy atom. The van der Waals surface area contributed by atoms with Crippen LogP contribution in [0.1, 0.15) is 102 Å². The highest BCUT2D eigenvalue weighted by molar-refractivity contribution is 7.80. The van der Waals surface area contributed by atoms with Crippen molar-refractivity contribution in [2.45, 2.75) is 170 Å². The first kappa shape index (κ1) is 81.1. The Kier molecular flexibility index (Phi) is 34.2. The van der Waals surface area contributed by atoms with Crippen LogP contribution < -0.4 is 82.3 Å². The lowest BCUT2D eigenvalue weighted by Gasteiger charge is -2.30. The Bertz CT molecular complexity index is 3140. The molecule has 1 aliphatic rings. The zero-order chi connectivity index (χ0) is 72.6. The Balaban J connectivity index is 2.01. The van der Waals surface area contributed by atoms with Crippen LogP contribution in [0.15, 0.2) is 59.6 Å². The molecular formula is C60H89N17O19S. The number of aliphatic imine (C=N–C) groups is 1. The molecule has 0 saturated carbocycles. The highest BCUT2D eigenvalue weighted by atomic mass is 32.1. The Morgan fingerprint density at radius 3 is 1.48 bits per heavy atom. The SMILES string of the molecule is CC(C)C[C@H](NC(=O)[C@H](CCCN=C(N)N)NC(=O)[C@H](CCC(=O)O)NC(=O)[C@H](Cc1ccc(O)cc1)NC(=O)[C@H](Cc1ccccc1)NC(=O)[C@H](CCC(N)=O)NC(=O)[C@H](CO)NC(=O)[C@@H]1CCCN1C(=O)[C@H](CC(N)=O)NC(=O)[C@@H](N)CCC(=O)O)C(=O)N[C@@H](CS)C(N)=O. The summed E-state index contributed by atoms with van der Waals surface area (Å²) in [6, 6.07) is -4.13. The van der Waals surface area contributed by atoms with Crippen molar-refractivity contribution in [2.75, 3.05) is 25.4 Å². The summed E-state index contributed by atoms with van der Waals surface area (Å²) in [4.78, 5) is 205. The molecule has 534 valence electrons. The number of nitrogens with two attached hydrogens (primary N) is 6. The zero-order valence-electron chi connectivity index (χ0n) is 53.6. The quantitative estimate of drug-likeness (QED) is 0.0127. The Hall–Kier alpha value is -10.2. The van der Waals surface area contributed by atoms with Crippen molar-refractivity contribution in [3.05, 3.63) is 65.7 Å². The summed E-state index contributed by atoms with van der Waals surface area (Å²) in [5.74, 6) is -17.0. The van der Waals surface area contributed by atoms with E-state index in [0.717, 1.165) is 4.90 Å². The van der Waals surface area contributed by atoms with E-state index in [1.165, 1.54) is 24.3 Å². The number of guanidine groups is 1. The second-order valence-corrected chi connectivity index (χ2v) is 23.7. The topological polar surface area (TPSA) is 617 Å². The summed E-state index contributed by atoms with van der Waals surface area (Å²) in [7, 11) is 0. The van der Waals surface area contributed by atoms with E-state index < -0.39 is 207 Å². The van der Waals surface area contributed by atoms with Crippen LogP contribution in [0.5, 0.6) is 5.75 Å². The van der Waals surface area contributed by atoms with Gasteiger partial charge in [-0.15, -0.1) is 0 Å². The molecule has 36 nitrogen and oxygen atoms in total. The maximum Gasteiger partial charge on any atom is 0.303 e. The molecule has 1 aliphatic heterocycles. The maximum absolute atomic E-state index is 14.8. The number of rotatable bonds is 43. The number of aliphatic carboxylic acids is 2. The molecule has 0 bridgehead atoms. The molecule has 2 aromatic rings. The lowest BCUT2D eigenvalue weighted by Crippen LogP contribution is -2.61. The van der Waals surface area contributed by atoms with Gasteiger partial charge in [0.1, 0.15) is 66.2 Å². The van der Waals surface area contributed by atoms with Gasteiger partial charge in [0, 0.05) is 50.9 Å². The number of amides is 13. The van der Waals surface area contributed by atoms with Gasteiger partial charge in [0.05, 0.1) is 19.1 Å². The maximum atomic E-state index is 14.8. The number of carbonyl (C=O) groups is 15. The highest BCUT2D eigenvalue weighted by Gasteiger charge is 2.41. The largest absolute Gasteiger partial charge is 0.508 e. The first-order valence-corrected chi connectivity index (χ1v) is 31.5.